The number of carbonyl (C=O) groups excluding carboxylic acids is 1. The van der Waals surface area contributed by atoms with Crippen molar-refractivity contribution < 1.29 is 14.3 Å². The van der Waals surface area contributed by atoms with Gasteiger partial charge in [-0.1, -0.05) is 6.07 Å². The lowest BCUT2D eigenvalue weighted by atomic mass is 10.1. The fraction of sp³-hybridized carbons (Fsp3) is 0.389. The van der Waals surface area contributed by atoms with E-state index in [2.05, 4.69) is 9.97 Å². The summed E-state index contributed by atoms with van der Waals surface area (Å²) < 4.78 is 11.9. The highest BCUT2D eigenvalue weighted by atomic mass is 16.5. The van der Waals surface area contributed by atoms with E-state index in [1.165, 1.54) is 0 Å². The number of fused-ring (bicyclic) bond motifs is 1. The predicted molar refractivity (Wildman–Crippen MR) is 86.7 cm³/mol. The number of carbonyl (C=O) groups is 1. The zero-order valence-corrected chi connectivity index (χ0v) is 13.2. The lowest BCUT2D eigenvalue weighted by Crippen LogP contribution is -2.54. The van der Waals surface area contributed by atoms with Crippen molar-refractivity contribution in [1.29, 1.82) is 0 Å². The number of amides is 1. The second-order valence-corrected chi connectivity index (χ2v) is 6.04. The maximum absolute atomic E-state index is 12.8. The highest BCUT2D eigenvalue weighted by molar-refractivity contribution is 5.94. The van der Waals surface area contributed by atoms with Gasteiger partial charge in [0.05, 0.1) is 18.2 Å². The maximum atomic E-state index is 12.8. The van der Waals surface area contributed by atoms with Crippen LogP contribution in [0.3, 0.4) is 0 Å². The molecule has 124 valence electrons. The van der Waals surface area contributed by atoms with Gasteiger partial charge in [-0.3, -0.25) is 9.78 Å². The zero-order valence-electron chi connectivity index (χ0n) is 13.2. The Bertz CT molecular complexity index is 695. The molecule has 3 heterocycles. The third-order valence-electron chi connectivity index (χ3n) is 4.61. The van der Waals surface area contributed by atoms with E-state index in [4.69, 9.17) is 9.47 Å². The van der Waals surface area contributed by atoms with Crippen LogP contribution in [0.5, 0.6) is 5.88 Å². The highest BCUT2D eigenvalue weighted by Crippen LogP contribution is 2.33. The average Bonchev–Trinajstić information content (AvgIpc) is 3.06. The molecule has 4 rings (SSSR count). The Morgan fingerprint density at radius 2 is 2.17 bits per heavy atom. The highest BCUT2D eigenvalue weighted by Gasteiger charge is 2.45. The summed E-state index contributed by atoms with van der Waals surface area (Å²) in [5, 5.41) is 0. The minimum atomic E-state index is -0.110. The van der Waals surface area contributed by atoms with E-state index < -0.39 is 0 Å². The number of hydrogen-bond acceptors (Lipinski definition) is 5. The molecule has 1 saturated heterocycles. The summed E-state index contributed by atoms with van der Waals surface area (Å²) in [7, 11) is 0. The number of pyridine rings is 2. The summed E-state index contributed by atoms with van der Waals surface area (Å²) in [6.45, 7) is 1.13. The lowest BCUT2D eigenvalue weighted by Gasteiger charge is -2.38. The molecular weight excluding hydrogens is 306 g/mol. The molecule has 6 nitrogen and oxygen atoms in total. The summed E-state index contributed by atoms with van der Waals surface area (Å²) in [6.07, 6.45) is 6.53. The summed E-state index contributed by atoms with van der Waals surface area (Å²) >= 11 is 0. The van der Waals surface area contributed by atoms with Crippen LogP contribution in [0.15, 0.2) is 48.9 Å². The molecule has 1 aliphatic heterocycles. The van der Waals surface area contributed by atoms with Crippen molar-refractivity contribution >= 4 is 5.91 Å². The number of aromatic nitrogens is 2. The Hall–Kier alpha value is -2.47. The first-order valence-corrected chi connectivity index (χ1v) is 8.23. The summed E-state index contributed by atoms with van der Waals surface area (Å²) in [5.74, 6) is 0.613. The van der Waals surface area contributed by atoms with Gasteiger partial charge < -0.3 is 14.4 Å². The molecule has 3 atom stereocenters. The van der Waals surface area contributed by atoms with Gasteiger partial charge in [0, 0.05) is 31.2 Å². The normalized spacial score (nSPS) is 26.0. The SMILES string of the molecule is O=C(c1cccnc1)N1CCO[C@@H]2[C@@H](Oc3ccccn3)CC[C@H]21. The van der Waals surface area contributed by atoms with Crippen LogP contribution in [-0.4, -0.2) is 52.2 Å². The molecule has 0 bridgehead atoms. The molecule has 1 amide bonds. The van der Waals surface area contributed by atoms with Crippen molar-refractivity contribution in [3.63, 3.8) is 0 Å². The quantitative estimate of drug-likeness (QED) is 0.863. The summed E-state index contributed by atoms with van der Waals surface area (Å²) in [5.41, 5.74) is 0.618. The largest absolute Gasteiger partial charge is 0.471 e. The van der Waals surface area contributed by atoms with Crippen molar-refractivity contribution in [3.05, 3.63) is 54.5 Å². The van der Waals surface area contributed by atoms with E-state index >= 15 is 0 Å². The Kier molecular flexibility index (Phi) is 4.13. The third-order valence-corrected chi connectivity index (χ3v) is 4.61. The number of morpholine rings is 1. The molecule has 2 aromatic heterocycles. The minimum absolute atomic E-state index is 0.0138. The van der Waals surface area contributed by atoms with E-state index in [0.29, 0.717) is 24.6 Å². The van der Waals surface area contributed by atoms with Gasteiger partial charge in [0.15, 0.2) is 0 Å². The van der Waals surface area contributed by atoms with Gasteiger partial charge in [0.25, 0.3) is 5.91 Å². The standard InChI is InChI=1S/C18H19N3O3/c22-18(13-4-3-8-19-12-13)21-10-11-23-17-14(21)6-7-15(17)24-16-5-1-2-9-20-16/h1-5,8-9,12,14-15,17H,6-7,10-11H2/t14-,15+,17+/m1/s1. The van der Waals surface area contributed by atoms with E-state index in [0.717, 1.165) is 12.8 Å². The van der Waals surface area contributed by atoms with Crippen LogP contribution >= 0.6 is 0 Å². The van der Waals surface area contributed by atoms with Gasteiger partial charge >= 0.3 is 0 Å². The molecule has 0 spiro atoms. The Morgan fingerprint density at radius 1 is 1.21 bits per heavy atom. The molecule has 24 heavy (non-hydrogen) atoms. The van der Waals surface area contributed by atoms with E-state index in [9.17, 15) is 4.79 Å². The fourth-order valence-corrected chi connectivity index (χ4v) is 3.52. The fourth-order valence-electron chi connectivity index (χ4n) is 3.52. The van der Waals surface area contributed by atoms with Gasteiger partial charge in [0.1, 0.15) is 12.2 Å². The van der Waals surface area contributed by atoms with Crippen LogP contribution in [0, 0.1) is 0 Å². The van der Waals surface area contributed by atoms with Crippen LogP contribution in [0.2, 0.25) is 0 Å². The van der Waals surface area contributed by atoms with E-state index in [1.54, 1.807) is 30.7 Å². The number of rotatable bonds is 3. The molecule has 1 saturated carbocycles. The van der Waals surface area contributed by atoms with E-state index in [1.807, 2.05) is 23.1 Å². The van der Waals surface area contributed by atoms with Crippen molar-refractivity contribution in [2.45, 2.75) is 31.1 Å². The number of nitrogens with zero attached hydrogens (tertiary/aromatic N) is 3. The van der Waals surface area contributed by atoms with Crippen molar-refractivity contribution in [2.24, 2.45) is 0 Å². The summed E-state index contributed by atoms with van der Waals surface area (Å²) in [6, 6.07) is 9.22. The van der Waals surface area contributed by atoms with Crippen LogP contribution in [0.25, 0.3) is 0 Å². The first kappa shape index (κ1) is 15.1. The van der Waals surface area contributed by atoms with Crippen LogP contribution < -0.4 is 4.74 Å². The van der Waals surface area contributed by atoms with Crippen LogP contribution in [0.1, 0.15) is 23.2 Å². The number of hydrogen-bond donors (Lipinski definition) is 0. The molecule has 0 N–H and O–H groups in total. The second-order valence-electron chi connectivity index (χ2n) is 6.04. The first-order valence-electron chi connectivity index (χ1n) is 8.23. The molecule has 1 aliphatic carbocycles. The second kappa shape index (κ2) is 6.57. The molecule has 2 fully saturated rings. The van der Waals surface area contributed by atoms with Gasteiger partial charge in [-0.05, 0) is 31.0 Å². The Morgan fingerprint density at radius 3 is 2.96 bits per heavy atom. The molecular formula is C18H19N3O3. The zero-order chi connectivity index (χ0) is 16.4. The van der Waals surface area contributed by atoms with Crippen molar-refractivity contribution in [2.75, 3.05) is 13.2 Å². The first-order chi connectivity index (χ1) is 11.8. The molecule has 0 radical (unpaired) electrons. The van der Waals surface area contributed by atoms with Gasteiger partial charge in [-0.25, -0.2) is 4.98 Å². The van der Waals surface area contributed by atoms with Crippen molar-refractivity contribution in [1.82, 2.24) is 14.9 Å². The van der Waals surface area contributed by atoms with Gasteiger partial charge in [0.2, 0.25) is 5.88 Å². The van der Waals surface area contributed by atoms with E-state index in [-0.39, 0.29) is 24.2 Å². The molecule has 2 aliphatic rings. The average molecular weight is 325 g/mol. The smallest absolute Gasteiger partial charge is 0.255 e. The van der Waals surface area contributed by atoms with Gasteiger partial charge in [-0.15, -0.1) is 0 Å². The predicted octanol–water partition coefficient (Wildman–Crippen LogP) is 1.93. The maximum Gasteiger partial charge on any atom is 0.255 e. The Labute approximate surface area is 140 Å². The molecule has 2 aromatic rings. The number of ether oxygens (including phenoxy) is 2. The Balaban J connectivity index is 1.49. The van der Waals surface area contributed by atoms with Crippen molar-refractivity contribution in [3.8, 4) is 5.88 Å². The summed E-state index contributed by atoms with van der Waals surface area (Å²) in [4.78, 5) is 23.0. The monoisotopic (exact) mass is 325 g/mol. The topological polar surface area (TPSA) is 64.6 Å². The third kappa shape index (κ3) is 2.85. The van der Waals surface area contributed by atoms with Gasteiger partial charge in [-0.2, -0.15) is 0 Å². The van der Waals surface area contributed by atoms with Crippen LogP contribution in [0.4, 0.5) is 0 Å². The molecule has 0 unspecified atom stereocenters. The lowest BCUT2D eigenvalue weighted by molar-refractivity contribution is -0.0793. The molecule has 0 aromatic carbocycles. The van der Waals surface area contributed by atoms with Crippen LogP contribution in [-0.2, 0) is 4.74 Å². The molecule has 6 heteroatoms. The minimum Gasteiger partial charge on any atom is -0.471 e.